The van der Waals surface area contributed by atoms with Gasteiger partial charge in [0, 0.05) is 18.2 Å². The van der Waals surface area contributed by atoms with Gasteiger partial charge in [0.15, 0.2) is 0 Å². The third-order valence-corrected chi connectivity index (χ3v) is 6.60. The number of benzene rings is 1. The molecular weight excluding hydrogens is 418 g/mol. The maximum atomic E-state index is 12.2. The largest absolute Gasteiger partial charge is 0.494 e. The van der Waals surface area contributed by atoms with Gasteiger partial charge in [-0.05, 0) is 25.0 Å². The van der Waals surface area contributed by atoms with E-state index >= 15 is 0 Å². The zero-order chi connectivity index (χ0) is 24.5. The Kier molecular flexibility index (Phi) is 20.9. The minimum atomic E-state index is 0.111. The Morgan fingerprint density at radius 3 is 1.59 bits per heavy atom. The van der Waals surface area contributed by atoms with Gasteiger partial charge in [-0.25, -0.2) is 0 Å². The van der Waals surface area contributed by atoms with Crippen molar-refractivity contribution in [3.8, 4) is 5.75 Å². The fourth-order valence-corrected chi connectivity index (χ4v) is 4.47. The van der Waals surface area contributed by atoms with E-state index in [1.807, 2.05) is 24.3 Å². The smallest absolute Gasteiger partial charge is 0.224 e. The molecule has 0 aromatic heterocycles. The summed E-state index contributed by atoms with van der Waals surface area (Å²) in [4.78, 5) is 12.2. The van der Waals surface area contributed by atoms with E-state index in [9.17, 15) is 4.79 Å². The summed E-state index contributed by atoms with van der Waals surface area (Å²) in [7, 11) is 0. The molecule has 0 bridgehead atoms. The Morgan fingerprint density at radius 2 is 1.12 bits per heavy atom. The first kappa shape index (κ1) is 30.5. The molecule has 0 heterocycles. The van der Waals surface area contributed by atoms with Gasteiger partial charge in [0.1, 0.15) is 5.75 Å². The lowest BCUT2D eigenvalue weighted by Gasteiger charge is -2.08. The zero-order valence-corrected chi connectivity index (χ0v) is 22.7. The van der Waals surface area contributed by atoms with Crippen molar-refractivity contribution in [2.24, 2.45) is 0 Å². The van der Waals surface area contributed by atoms with Crippen molar-refractivity contribution in [3.63, 3.8) is 0 Å². The van der Waals surface area contributed by atoms with Crippen molar-refractivity contribution in [3.05, 3.63) is 24.3 Å². The molecule has 0 atom stereocenters. The molecule has 0 saturated heterocycles. The van der Waals surface area contributed by atoms with Crippen molar-refractivity contribution in [2.75, 3.05) is 11.9 Å². The van der Waals surface area contributed by atoms with Crippen LogP contribution in [0, 0.1) is 0 Å². The van der Waals surface area contributed by atoms with Crippen molar-refractivity contribution in [1.82, 2.24) is 0 Å². The molecule has 1 aromatic rings. The third-order valence-electron chi connectivity index (χ3n) is 6.60. The number of carbonyl (C=O) groups excluding carboxylic acids is 1. The highest BCUT2D eigenvalue weighted by Crippen LogP contribution is 2.18. The lowest BCUT2D eigenvalue weighted by atomic mass is 10.0. The fraction of sp³-hybridized carbons (Fsp3) is 0.774. The Morgan fingerprint density at radius 1 is 0.647 bits per heavy atom. The summed E-state index contributed by atoms with van der Waals surface area (Å²) in [5, 5.41) is 3.00. The molecule has 0 spiro atoms. The zero-order valence-electron chi connectivity index (χ0n) is 22.7. The Bertz CT molecular complexity index is 587. The molecule has 0 saturated carbocycles. The van der Waals surface area contributed by atoms with E-state index in [1.165, 1.54) is 109 Å². The van der Waals surface area contributed by atoms with Crippen molar-refractivity contribution >= 4 is 11.6 Å². The lowest BCUT2D eigenvalue weighted by molar-refractivity contribution is -0.116. The summed E-state index contributed by atoms with van der Waals surface area (Å²) in [6.45, 7) is 5.08. The summed E-state index contributed by atoms with van der Waals surface area (Å²) in [6, 6.07) is 7.69. The fourth-order valence-electron chi connectivity index (χ4n) is 4.47. The molecular formula is C31H55NO2. The summed E-state index contributed by atoms with van der Waals surface area (Å²) in [5.74, 6) is 0.933. The van der Waals surface area contributed by atoms with E-state index in [0.717, 1.165) is 30.7 Å². The van der Waals surface area contributed by atoms with E-state index in [4.69, 9.17) is 4.74 Å². The molecule has 1 amide bonds. The predicted octanol–water partition coefficient (Wildman–Crippen LogP) is 10.2. The molecule has 0 aliphatic rings. The monoisotopic (exact) mass is 473 g/mol. The summed E-state index contributed by atoms with van der Waals surface area (Å²) in [5.41, 5.74) is 0.830. The molecule has 1 aromatic carbocycles. The van der Waals surface area contributed by atoms with E-state index in [-0.39, 0.29) is 5.91 Å². The number of nitrogens with one attached hydrogen (secondary N) is 1. The first-order chi connectivity index (χ1) is 16.8. The minimum Gasteiger partial charge on any atom is -0.494 e. The average Bonchev–Trinajstić information content (AvgIpc) is 2.84. The van der Waals surface area contributed by atoms with Crippen LogP contribution < -0.4 is 10.1 Å². The number of anilines is 1. The molecule has 34 heavy (non-hydrogen) atoms. The van der Waals surface area contributed by atoms with Gasteiger partial charge in [-0.15, -0.1) is 0 Å². The van der Waals surface area contributed by atoms with E-state index in [1.54, 1.807) is 0 Å². The second-order valence-corrected chi connectivity index (χ2v) is 10.0. The van der Waals surface area contributed by atoms with Crippen LogP contribution in [0.2, 0.25) is 0 Å². The molecule has 0 radical (unpaired) electrons. The SMILES string of the molecule is CCCCCCCCCCCCCCCCCCCCCC(=O)Nc1cccc(OCCC)c1. The van der Waals surface area contributed by atoms with E-state index in [0.29, 0.717) is 13.0 Å². The van der Waals surface area contributed by atoms with Crippen LogP contribution in [0.4, 0.5) is 5.69 Å². The Labute approximate surface area is 211 Å². The molecule has 0 fully saturated rings. The topological polar surface area (TPSA) is 38.3 Å². The number of amides is 1. The number of unbranched alkanes of at least 4 members (excludes halogenated alkanes) is 18. The van der Waals surface area contributed by atoms with Gasteiger partial charge in [-0.1, -0.05) is 135 Å². The number of hydrogen-bond donors (Lipinski definition) is 1. The predicted molar refractivity (Wildman–Crippen MR) is 149 cm³/mol. The van der Waals surface area contributed by atoms with Gasteiger partial charge in [0.2, 0.25) is 5.91 Å². The average molecular weight is 474 g/mol. The van der Waals surface area contributed by atoms with Crippen molar-refractivity contribution in [2.45, 2.75) is 149 Å². The molecule has 1 N–H and O–H groups in total. The van der Waals surface area contributed by atoms with Gasteiger partial charge < -0.3 is 10.1 Å². The third kappa shape index (κ3) is 18.9. The van der Waals surface area contributed by atoms with Crippen LogP contribution in [0.1, 0.15) is 149 Å². The Hall–Kier alpha value is -1.51. The summed E-state index contributed by atoms with van der Waals surface area (Å²) >= 11 is 0. The van der Waals surface area contributed by atoms with E-state index in [2.05, 4.69) is 19.2 Å². The highest BCUT2D eigenvalue weighted by Gasteiger charge is 2.04. The molecule has 0 aliphatic heterocycles. The van der Waals surface area contributed by atoms with Crippen LogP contribution in [0.3, 0.4) is 0 Å². The standard InChI is InChI=1S/C31H55NO2/c1-3-5-6-7-8-9-10-11-12-13-14-15-16-17-18-19-20-21-22-26-31(33)32-29-24-23-25-30(28-29)34-27-4-2/h23-25,28H,3-22,26-27H2,1-2H3,(H,32,33). The van der Waals surface area contributed by atoms with Gasteiger partial charge in [0.25, 0.3) is 0 Å². The number of carbonyl (C=O) groups is 1. The van der Waals surface area contributed by atoms with Crippen LogP contribution >= 0.6 is 0 Å². The molecule has 0 unspecified atom stereocenters. The summed E-state index contributed by atoms with van der Waals surface area (Å²) < 4.78 is 5.63. The van der Waals surface area contributed by atoms with E-state index < -0.39 is 0 Å². The maximum absolute atomic E-state index is 12.2. The number of ether oxygens (including phenoxy) is 1. The van der Waals surface area contributed by atoms with Gasteiger partial charge >= 0.3 is 0 Å². The first-order valence-electron chi connectivity index (χ1n) is 14.8. The van der Waals surface area contributed by atoms with Crippen LogP contribution in [-0.4, -0.2) is 12.5 Å². The van der Waals surface area contributed by atoms with Crippen LogP contribution in [0.15, 0.2) is 24.3 Å². The highest BCUT2D eigenvalue weighted by atomic mass is 16.5. The van der Waals surface area contributed by atoms with Crippen LogP contribution in [-0.2, 0) is 4.79 Å². The molecule has 3 heteroatoms. The molecule has 3 nitrogen and oxygen atoms in total. The number of rotatable bonds is 24. The lowest BCUT2D eigenvalue weighted by Crippen LogP contribution is -2.11. The van der Waals surface area contributed by atoms with Gasteiger partial charge in [-0.2, -0.15) is 0 Å². The van der Waals surface area contributed by atoms with Crippen LogP contribution in [0.5, 0.6) is 5.75 Å². The van der Waals surface area contributed by atoms with Gasteiger partial charge in [0.05, 0.1) is 6.61 Å². The first-order valence-corrected chi connectivity index (χ1v) is 14.8. The maximum Gasteiger partial charge on any atom is 0.224 e. The molecule has 0 aliphatic carbocycles. The quantitative estimate of drug-likeness (QED) is 0.152. The van der Waals surface area contributed by atoms with Crippen molar-refractivity contribution in [1.29, 1.82) is 0 Å². The van der Waals surface area contributed by atoms with Crippen LogP contribution in [0.25, 0.3) is 0 Å². The minimum absolute atomic E-state index is 0.111. The number of hydrogen-bond acceptors (Lipinski definition) is 2. The normalized spacial score (nSPS) is 11.0. The second kappa shape index (κ2) is 23.2. The molecule has 1 rings (SSSR count). The summed E-state index contributed by atoms with van der Waals surface area (Å²) in [6.07, 6.45) is 27.7. The molecule has 196 valence electrons. The highest BCUT2D eigenvalue weighted by molar-refractivity contribution is 5.90. The van der Waals surface area contributed by atoms with Gasteiger partial charge in [-0.3, -0.25) is 4.79 Å². The second-order valence-electron chi connectivity index (χ2n) is 10.0. The Balaban J connectivity index is 1.83. The van der Waals surface area contributed by atoms with Crippen molar-refractivity contribution < 1.29 is 9.53 Å².